The van der Waals surface area contributed by atoms with Gasteiger partial charge in [-0.25, -0.2) is 8.42 Å². The third-order valence-corrected chi connectivity index (χ3v) is 5.19. The first-order valence-corrected chi connectivity index (χ1v) is 7.87. The molecule has 0 radical (unpaired) electrons. The molecule has 100 valence electrons. The van der Waals surface area contributed by atoms with Crippen LogP contribution in [0.2, 0.25) is 0 Å². The lowest BCUT2D eigenvalue weighted by Gasteiger charge is -2.33. The summed E-state index contributed by atoms with van der Waals surface area (Å²) in [5.41, 5.74) is 7.02. The molecule has 1 aliphatic heterocycles. The minimum Gasteiger partial charge on any atom is -0.497 e. The zero-order valence-corrected chi connectivity index (χ0v) is 11.4. The van der Waals surface area contributed by atoms with E-state index in [2.05, 4.69) is 0 Å². The summed E-state index contributed by atoms with van der Waals surface area (Å²) in [6, 6.07) is 7.77. The molecule has 1 aromatic rings. The van der Waals surface area contributed by atoms with Gasteiger partial charge in [0.2, 0.25) is 0 Å². The van der Waals surface area contributed by atoms with Gasteiger partial charge in [-0.05, 0) is 37.0 Å². The smallest absolute Gasteiger partial charge is 0.150 e. The van der Waals surface area contributed by atoms with Gasteiger partial charge in [0.25, 0.3) is 0 Å². The fraction of sp³-hybridized carbons (Fsp3) is 0.538. The predicted octanol–water partition coefficient (Wildman–Crippen LogP) is 1.14. The molecule has 4 nitrogen and oxygen atoms in total. The Kier molecular flexibility index (Phi) is 3.64. The first-order chi connectivity index (χ1) is 8.42. The molecule has 0 spiro atoms. The number of hydrogen-bond acceptors (Lipinski definition) is 4. The normalized spacial score (nSPS) is 21.4. The van der Waals surface area contributed by atoms with E-state index in [0.29, 0.717) is 19.3 Å². The van der Waals surface area contributed by atoms with Gasteiger partial charge in [-0.1, -0.05) is 12.1 Å². The van der Waals surface area contributed by atoms with E-state index in [1.54, 1.807) is 7.11 Å². The fourth-order valence-corrected chi connectivity index (χ4v) is 3.91. The van der Waals surface area contributed by atoms with Crippen molar-refractivity contribution in [2.45, 2.75) is 24.8 Å². The summed E-state index contributed by atoms with van der Waals surface area (Å²) < 4.78 is 27.9. The van der Waals surface area contributed by atoms with Crippen LogP contribution in [0.25, 0.3) is 0 Å². The second-order valence-electron chi connectivity index (χ2n) is 5.04. The lowest BCUT2D eigenvalue weighted by molar-refractivity contribution is 0.378. The van der Waals surface area contributed by atoms with Gasteiger partial charge >= 0.3 is 0 Å². The van der Waals surface area contributed by atoms with E-state index in [-0.39, 0.29) is 17.0 Å². The van der Waals surface area contributed by atoms with Gasteiger partial charge < -0.3 is 10.5 Å². The van der Waals surface area contributed by atoms with Gasteiger partial charge in [0.15, 0.2) is 0 Å². The van der Waals surface area contributed by atoms with E-state index in [1.807, 2.05) is 24.3 Å². The number of rotatable bonds is 3. The van der Waals surface area contributed by atoms with Crippen LogP contribution in [-0.4, -0.2) is 32.6 Å². The predicted molar refractivity (Wildman–Crippen MR) is 71.5 cm³/mol. The van der Waals surface area contributed by atoms with Crippen LogP contribution in [0, 0.1) is 0 Å². The van der Waals surface area contributed by atoms with Crippen LogP contribution in [0.5, 0.6) is 5.75 Å². The highest BCUT2D eigenvalue weighted by Gasteiger charge is 2.33. The van der Waals surface area contributed by atoms with Crippen molar-refractivity contribution in [2.24, 2.45) is 5.73 Å². The first kappa shape index (κ1) is 13.4. The number of methoxy groups -OCH3 is 1. The van der Waals surface area contributed by atoms with E-state index in [4.69, 9.17) is 10.5 Å². The Labute approximate surface area is 108 Å². The van der Waals surface area contributed by atoms with Crippen LogP contribution in [0.4, 0.5) is 0 Å². The molecule has 2 rings (SSSR count). The molecular weight excluding hydrogens is 250 g/mol. The van der Waals surface area contributed by atoms with Gasteiger partial charge in [0.1, 0.15) is 15.6 Å². The first-order valence-electron chi connectivity index (χ1n) is 6.05. The van der Waals surface area contributed by atoms with Gasteiger partial charge in [0.05, 0.1) is 18.6 Å². The highest BCUT2D eigenvalue weighted by Crippen LogP contribution is 2.26. The highest BCUT2D eigenvalue weighted by atomic mass is 32.2. The van der Waals surface area contributed by atoms with Gasteiger partial charge in [-0.15, -0.1) is 0 Å². The molecule has 0 atom stereocenters. The molecule has 5 heteroatoms. The lowest BCUT2D eigenvalue weighted by Crippen LogP contribution is -2.48. The summed E-state index contributed by atoms with van der Waals surface area (Å²) in [5.74, 6) is 1.23. The Balaban J connectivity index is 2.04. The molecule has 0 amide bonds. The van der Waals surface area contributed by atoms with Gasteiger partial charge in [0, 0.05) is 5.54 Å². The van der Waals surface area contributed by atoms with Crippen molar-refractivity contribution in [3.05, 3.63) is 29.8 Å². The van der Waals surface area contributed by atoms with Crippen LogP contribution in [0.1, 0.15) is 18.4 Å². The van der Waals surface area contributed by atoms with Crippen molar-refractivity contribution in [1.82, 2.24) is 0 Å². The average molecular weight is 269 g/mol. The maximum Gasteiger partial charge on any atom is 0.150 e. The quantitative estimate of drug-likeness (QED) is 0.893. The van der Waals surface area contributed by atoms with E-state index >= 15 is 0 Å². The third kappa shape index (κ3) is 3.23. The second kappa shape index (κ2) is 4.90. The number of ether oxygens (including phenoxy) is 1. The molecule has 1 aromatic carbocycles. The van der Waals surface area contributed by atoms with Crippen molar-refractivity contribution in [2.75, 3.05) is 18.6 Å². The number of sulfone groups is 1. The Bertz CT molecular complexity index is 494. The fourth-order valence-electron chi connectivity index (χ4n) is 2.27. The van der Waals surface area contributed by atoms with Crippen LogP contribution < -0.4 is 10.5 Å². The molecule has 0 unspecified atom stereocenters. The zero-order valence-electron chi connectivity index (χ0n) is 10.6. The lowest BCUT2D eigenvalue weighted by atomic mass is 9.86. The second-order valence-corrected chi connectivity index (χ2v) is 7.34. The molecule has 2 N–H and O–H groups in total. The van der Waals surface area contributed by atoms with E-state index in [0.717, 1.165) is 11.3 Å². The van der Waals surface area contributed by atoms with Crippen LogP contribution >= 0.6 is 0 Å². The molecule has 18 heavy (non-hydrogen) atoms. The maximum atomic E-state index is 11.4. The maximum absolute atomic E-state index is 11.4. The molecular formula is C13H19NO3S. The highest BCUT2D eigenvalue weighted by molar-refractivity contribution is 7.91. The van der Waals surface area contributed by atoms with Gasteiger partial charge in [-0.3, -0.25) is 0 Å². The van der Waals surface area contributed by atoms with E-state index in [9.17, 15) is 8.42 Å². The van der Waals surface area contributed by atoms with Crippen LogP contribution in [-0.2, 0) is 16.3 Å². The monoisotopic (exact) mass is 269 g/mol. The molecule has 0 aromatic heterocycles. The Morgan fingerprint density at radius 3 is 2.28 bits per heavy atom. The Morgan fingerprint density at radius 1 is 1.22 bits per heavy atom. The summed E-state index contributed by atoms with van der Waals surface area (Å²) >= 11 is 0. The standard InChI is InChI=1S/C13H19NO3S/c1-17-12-4-2-11(3-5-12)10-13(14)6-8-18(15,16)9-7-13/h2-5H,6-10,14H2,1H3. The summed E-state index contributed by atoms with van der Waals surface area (Å²) in [6.45, 7) is 0. The number of nitrogens with two attached hydrogens (primary N) is 1. The number of hydrogen-bond donors (Lipinski definition) is 1. The Morgan fingerprint density at radius 2 is 1.78 bits per heavy atom. The zero-order chi connectivity index (χ0) is 13.2. The molecule has 1 fully saturated rings. The minimum absolute atomic E-state index is 0.208. The molecule has 1 saturated heterocycles. The van der Waals surface area contributed by atoms with Crippen LogP contribution in [0.3, 0.4) is 0 Å². The van der Waals surface area contributed by atoms with Gasteiger partial charge in [-0.2, -0.15) is 0 Å². The Hall–Kier alpha value is -1.07. The van der Waals surface area contributed by atoms with Crippen molar-refractivity contribution in [1.29, 1.82) is 0 Å². The molecule has 0 bridgehead atoms. The topological polar surface area (TPSA) is 69.4 Å². The third-order valence-electron chi connectivity index (χ3n) is 3.54. The SMILES string of the molecule is COc1ccc(CC2(N)CCS(=O)(=O)CC2)cc1. The van der Waals surface area contributed by atoms with E-state index in [1.165, 1.54) is 0 Å². The molecule has 1 aliphatic rings. The summed E-state index contributed by atoms with van der Waals surface area (Å²) in [6.07, 6.45) is 1.80. The summed E-state index contributed by atoms with van der Waals surface area (Å²) in [4.78, 5) is 0. The van der Waals surface area contributed by atoms with E-state index < -0.39 is 9.84 Å². The summed E-state index contributed by atoms with van der Waals surface area (Å²) in [5, 5.41) is 0. The van der Waals surface area contributed by atoms with Crippen molar-refractivity contribution < 1.29 is 13.2 Å². The number of benzene rings is 1. The molecule has 0 aliphatic carbocycles. The largest absolute Gasteiger partial charge is 0.497 e. The molecule has 0 saturated carbocycles. The van der Waals surface area contributed by atoms with Crippen molar-refractivity contribution in [3.8, 4) is 5.75 Å². The molecule has 1 heterocycles. The van der Waals surface area contributed by atoms with Crippen molar-refractivity contribution >= 4 is 9.84 Å². The summed E-state index contributed by atoms with van der Waals surface area (Å²) in [7, 11) is -1.23. The van der Waals surface area contributed by atoms with Crippen molar-refractivity contribution in [3.63, 3.8) is 0 Å². The average Bonchev–Trinajstić information content (AvgIpc) is 2.35. The minimum atomic E-state index is -2.86. The van der Waals surface area contributed by atoms with Crippen LogP contribution in [0.15, 0.2) is 24.3 Å².